The third kappa shape index (κ3) is 3.46. The van der Waals surface area contributed by atoms with E-state index in [9.17, 15) is 4.79 Å². The van der Waals surface area contributed by atoms with Crippen LogP contribution in [0.3, 0.4) is 0 Å². The summed E-state index contributed by atoms with van der Waals surface area (Å²) in [5, 5.41) is 8.85. The summed E-state index contributed by atoms with van der Waals surface area (Å²) in [6.07, 6.45) is 3.98. The van der Waals surface area contributed by atoms with Gasteiger partial charge in [-0.05, 0) is 11.6 Å². The highest BCUT2D eigenvalue weighted by atomic mass is 35.5. The lowest BCUT2D eigenvalue weighted by molar-refractivity contribution is -0.131. The second-order valence-electron chi connectivity index (χ2n) is 2.58. The summed E-state index contributed by atoms with van der Waals surface area (Å²) >= 11 is 5.91. The second-order valence-corrected chi connectivity index (χ2v) is 2.99. The molecule has 0 unspecified atom stereocenters. The molecule has 0 atom stereocenters. The Hall–Kier alpha value is -1.54. The van der Waals surface area contributed by atoms with Gasteiger partial charge >= 0.3 is 5.97 Å². The van der Waals surface area contributed by atoms with Gasteiger partial charge in [0.1, 0.15) is 0 Å². The third-order valence-corrected chi connectivity index (χ3v) is 1.88. The van der Waals surface area contributed by atoms with Crippen molar-refractivity contribution in [1.29, 1.82) is 0 Å². The molecular weight excluding hydrogens is 200 g/mol. The zero-order valence-electron chi connectivity index (χ0n) is 7.35. The van der Waals surface area contributed by atoms with Crippen LogP contribution in [0.25, 0.3) is 5.03 Å². The first kappa shape index (κ1) is 10.5. The third-order valence-electron chi connectivity index (χ3n) is 1.53. The molecule has 0 radical (unpaired) electrons. The maximum absolute atomic E-state index is 10.2. The van der Waals surface area contributed by atoms with Gasteiger partial charge in [-0.2, -0.15) is 0 Å². The lowest BCUT2D eigenvalue weighted by Gasteiger charge is -1.95. The van der Waals surface area contributed by atoms with Crippen molar-refractivity contribution in [2.75, 3.05) is 0 Å². The second kappa shape index (κ2) is 5.25. The first-order valence-corrected chi connectivity index (χ1v) is 4.40. The van der Waals surface area contributed by atoms with Crippen LogP contribution >= 0.6 is 11.6 Å². The van der Waals surface area contributed by atoms with Gasteiger partial charge in [-0.15, -0.1) is 0 Å². The number of halogens is 1. The summed E-state index contributed by atoms with van der Waals surface area (Å²) in [5.74, 6) is -0.987. The van der Waals surface area contributed by atoms with Crippen molar-refractivity contribution in [1.82, 2.24) is 0 Å². The van der Waals surface area contributed by atoms with Crippen molar-refractivity contribution < 1.29 is 9.90 Å². The van der Waals surface area contributed by atoms with Gasteiger partial charge in [-0.1, -0.05) is 48.0 Å². The van der Waals surface area contributed by atoms with Crippen molar-refractivity contribution in [3.8, 4) is 0 Å². The molecule has 1 aromatic carbocycles. The van der Waals surface area contributed by atoms with E-state index in [4.69, 9.17) is 16.7 Å². The Labute approximate surface area is 87.1 Å². The average Bonchev–Trinajstić information content (AvgIpc) is 2.18. The Balaban J connectivity index is 2.75. The van der Waals surface area contributed by atoms with Crippen LogP contribution in [0.5, 0.6) is 0 Å². The molecule has 2 nitrogen and oxygen atoms in total. The predicted octanol–water partition coefficient (Wildman–Crippen LogP) is 2.91. The molecule has 0 saturated heterocycles. The van der Waals surface area contributed by atoms with E-state index in [2.05, 4.69) is 0 Å². The SMILES string of the molecule is O=C(O)/C=C/C=C(\Cl)c1ccccc1. The van der Waals surface area contributed by atoms with Crippen molar-refractivity contribution in [3.05, 3.63) is 54.1 Å². The molecule has 0 saturated carbocycles. The van der Waals surface area contributed by atoms with Gasteiger partial charge in [-0.25, -0.2) is 4.79 Å². The molecule has 0 fully saturated rings. The normalized spacial score (nSPS) is 11.9. The topological polar surface area (TPSA) is 37.3 Å². The molecule has 0 bridgehead atoms. The van der Waals surface area contributed by atoms with Crippen molar-refractivity contribution in [2.45, 2.75) is 0 Å². The number of carboxylic acids is 1. The number of carbonyl (C=O) groups is 1. The maximum atomic E-state index is 10.2. The van der Waals surface area contributed by atoms with E-state index in [0.717, 1.165) is 11.6 Å². The van der Waals surface area contributed by atoms with Crippen LogP contribution in [0, 0.1) is 0 Å². The zero-order chi connectivity index (χ0) is 10.4. The van der Waals surface area contributed by atoms with E-state index in [0.29, 0.717) is 5.03 Å². The minimum Gasteiger partial charge on any atom is -0.478 e. The van der Waals surface area contributed by atoms with Crippen molar-refractivity contribution in [3.63, 3.8) is 0 Å². The number of rotatable bonds is 3. The van der Waals surface area contributed by atoms with E-state index in [1.807, 2.05) is 30.3 Å². The van der Waals surface area contributed by atoms with Gasteiger partial charge in [0.25, 0.3) is 0 Å². The van der Waals surface area contributed by atoms with E-state index in [1.165, 1.54) is 6.08 Å². The van der Waals surface area contributed by atoms with E-state index < -0.39 is 5.97 Å². The minimum absolute atomic E-state index is 0.517. The monoisotopic (exact) mass is 208 g/mol. The quantitative estimate of drug-likeness (QED) is 0.613. The van der Waals surface area contributed by atoms with Crippen LogP contribution < -0.4 is 0 Å². The minimum atomic E-state index is -0.987. The van der Waals surface area contributed by atoms with Gasteiger partial charge in [0, 0.05) is 11.1 Å². The molecule has 0 amide bonds. The van der Waals surface area contributed by atoms with Gasteiger partial charge in [0.15, 0.2) is 0 Å². The Morgan fingerprint density at radius 3 is 2.50 bits per heavy atom. The lowest BCUT2D eigenvalue weighted by atomic mass is 10.2. The van der Waals surface area contributed by atoms with Crippen LogP contribution in [-0.4, -0.2) is 11.1 Å². The van der Waals surface area contributed by atoms with Gasteiger partial charge < -0.3 is 5.11 Å². The van der Waals surface area contributed by atoms with Crippen LogP contribution in [0.15, 0.2) is 48.6 Å². The molecule has 0 spiro atoms. The number of carboxylic acid groups (broad SMARTS) is 1. The molecular formula is C11H9ClO2. The summed E-state index contributed by atoms with van der Waals surface area (Å²) in [7, 11) is 0. The highest BCUT2D eigenvalue weighted by Crippen LogP contribution is 2.17. The number of benzene rings is 1. The summed E-state index contributed by atoms with van der Waals surface area (Å²) in [6, 6.07) is 9.33. The van der Waals surface area contributed by atoms with Crippen molar-refractivity contribution >= 4 is 22.6 Å². The Morgan fingerprint density at radius 2 is 1.93 bits per heavy atom. The fourth-order valence-corrected chi connectivity index (χ4v) is 1.11. The smallest absolute Gasteiger partial charge is 0.328 e. The summed E-state index contributed by atoms with van der Waals surface area (Å²) < 4.78 is 0. The summed E-state index contributed by atoms with van der Waals surface area (Å²) in [6.45, 7) is 0. The molecule has 3 heteroatoms. The fraction of sp³-hybridized carbons (Fsp3) is 0. The predicted molar refractivity (Wildman–Crippen MR) is 57.0 cm³/mol. The average molecular weight is 209 g/mol. The van der Waals surface area contributed by atoms with Gasteiger partial charge in [0.2, 0.25) is 0 Å². The molecule has 1 rings (SSSR count). The highest BCUT2D eigenvalue weighted by molar-refractivity contribution is 6.48. The Morgan fingerprint density at radius 1 is 1.29 bits per heavy atom. The first-order valence-electron chi connectivity index (χ1n) is 4.02. The van der Waals surface area contributed by atoms with Crippen LogP contribution in [0.1, 0.15) is 5.56 Å². The molecule has 1 aromatic rings. The number of allylic oxidation sites excluding steroid dienone is 2. The standard InChI is InChI=1S/C11H9ClO2/c12-10(7-4-8-11(13)14)9-5-2-1-3-6-9/h1-8H,(H,13,14)/b8-4+,10-7-. The number of aliphatic carboxylic acids is 1. The summed E-state index contributed by atoms with van der Waals surface area (Å²) in [4.78, 5) is 10.2. The van der Waals surface area contributed by atoms with E-state index >= 15 is 0 Å². The lowest BCUT2D eigenvalue weighted by Crippen LogP contribution is -1.84. The van der Waals surface area contributed by atoms with Gasteiger partial charge in [-0.3, -0.25) is 0 Å². The molecule has 1 N–H and O–H groups in total. The largest absolute Gasteiger partial charge is 0.478 e. The fourth-order valence-electron chi connectivity index (χ4n) is 0.909. The zero-order valence-corrected chi connectivity index (χ0v) is 8.11. The molecule has 0 heterocycles. The molecule has 0 aromatic heterocycles. The van der Waals surface area contributed by atoms with E-state index in [1.54, 1.807) is 6.08 Å². The number of hydrogen-bond donors (Lipinski definition) is 1. The summed E-state index contributed by atoms with van der Waals surface area (Å²) in [5.41, 5.74) is 0.865. The Kier molecular flexibility index (Phi) is 3.95. The molecule has 0 aliphatic carbocycles. The maximum Gasteiger partial charge on any atom is 0.328 e. The van der Waals surface area contributed by atoms with Crippen LogP contribution in [0.4, 0.5) is 0 Å². The highest BCUT2D eigenvalue weighted by Gasteiger charge is 1.93. The number of hydrogen-bond acceptors (Lipinski definition) is 1. The molecule has 14 heavy (non-hydrogen) atoms. The van der Waals surface area contributed by atoms with Crippen LogP contribution in [0.2, 0.25) is 0 Å². The van der Waals surface area contributed by atoms with Crippen LogP contribution in [-0.2, 0) is 4.79 Å². The Bertz CT molecular complexity index is 366. The van der Waals surface area contributed by atoms with Gasteiger partial charge in [0.05, 0.1) is 0 Å². The first-order chi connectivity index (χ1) is 6.70. The van der Waals surface area contributed by atoms with Crippen molar-refractivity contribution in [2.24, 2.45) is 0 Å². The molecule has 0 aliphatic rings. The van der Waals surface area contributed by atoms with E-state index in [-0.39, 0.29) is 0 Å². The molecule has 72 valence electrons. The molecule has 0 aliphatic heterocycles.